The van der Waals surface area contributed by atoms with Gasteiger partial charge in [0, 0.05) is 25.0 Å². The molecule has 1 aromatic carbocycles. The summed E-state index contributed by atoms with van der Waals surface area (Å²) in [5.41, 5.74) is 6.20. The molecule has 4 heteroatoms. The van der Waals surface area contributed by atoms with Crippen LogP contribution in [0.1, 0.15) is 25.8 Å². The highest BCUT2D eigenvalue weighted by molar-refractivity contribution is 5.40. The zero-order valence-electron chi connectivity index (χ0n) is 10.6. The number of ether oxygens (including phenoxy) is 2. The number of benzene rings is 1. The molecular weight excluding hydrogens is 221 g/mol. The fraction of sp³-hybridized carbons (Fsp3) is 0.538. The van der Waals surface area contributed by atoms with Crippen LogP contribution >= 0.6 is 0 Å². The van der Waals surface area contributed by atoms with E-state index in [1.165, 1.54) is 6.07 Å². The van der Waals surface area contributed by atoms with Crippen molar-refractivity contribution in [2.75, 3.05) is 19.5 Å². The highest BCUT2D eigenvalue weighted by Gasteiger charge is 2.15. The van der Waals surface area contributed by atoms with Gasteiger partial charge >= 0.3 is 0 Å². The van der Waals surface area contributed by atoms with Crippen molar-refractivity contribution in [3.05, 3.63) is 29.6 Å². The van der Waals surface area contributed by atoms with E-state index in [1.54, 1.807) is 19.2 Å². The molecule has 0 saturated carbocycles. The summed E-state index contributed by atoms with van der Waals surface area (Å²) >= 11 is 0. The molecule has 0 bridgehead atoms. The third-order valence-corrected chi connectivity index (χ3v) is 2.74. The Morgan fingerprint density at radius 1 is 1.35 bits per heavy atom. The van der Waals surface area contributed by atoms with E-state index in [9.17, 15) is 4.39 Å². The molecule has 0 amide bonds. The molecule has 0 aliphatic rings. The normalized spacial score (nSPS) is 11.8. The highest BCUT2D eigenvalue weighted by atomic mass is 19.1. The van der Waals surface area contributed by atoms with Gasteiger partial charge < -0.3 is 15.2 Å². The molecule has 0 unspecified atom stereocenters. The molecule has 0 heterocycles. The first-order valence-corrected chi connectivity index (χ1v) is 5.61. The van der Waals surface area contributed by atoms with Gasteiger partial charge in [-0.15, -0.1) is 0 Å². The minimum atomic E-state index is -0.323. The van der Waals surface area contributed by atoms with Crippen LogP contribution in [0, 0.1) is 5.82 Å². The van der Waals surface area contributed by atoms with E-state index in [0.717, 1.165) is 6.42 Å². The SMILES string of the molecule is COC(C)(C)CCOCc1ccc(N)cc1F. The fourth-order valence-corrected chi connectivity index (χ4v) is 1.28. The quantitative estimate of drug-likeness (QED) is 0.615. The number of nitrogens with two attached hydrogens (primary N) is 1. The Labute approximate surface area is 102 Å². The molecule has 17 heavy (non-hydrogen) atoms. The summed E-state index contributed by atoms with van der Waals surface area (Å²) in [4.78, 5) is 0. The predicted octanol–water partition coefficient (Wildman–Crippen LogP) is 2.74. The standard InChI is InChI=1S/C13H20FNO2/c1-13(2,16-3)6-7-17-9-10-4-5-11(15)8-12(10)14/h4-5,8H,6-7,9,15H2,1-3H3. The average molecular weight is 241 g/mol. The lowest BCUT2D eigenvalue weighted by Crippen LogP contribution is -2.24. The molecule has 2 N–H and O–H groups in total. The third-order valence-electron chi connectivity index (χ3n) is 2.74. The topological polar surface area (TPSA) is 44.5 Å². The van der Waals surface area contributed by atoms with Gasteiger partial charge in [0.2, 0.25) is 0 Å². The maximum absolute atomic E-state index is 13.4. The van der Waals surface area contributed by atoms with E-state index in [-0.39, 0.29) is 18.0 Å². The van der Waals surface area contributed by atoms with Gasteiger partial charge in [0.25, 0.3) is 0 Å². The lowest BCUT2D eigenvalue weighted by atomic mass is 10.1. The maximum atomic E-state index is 13.4. The van der Waals surface area contributed by atoms with E-state index >= 15 is 0 Å². The van der Waals surface area contributed by atoms with Crippen LogP contribution in [0.4, 0.5) is 10.1 Å². The summed E-state index contributed by atoms with van der Waals surface area (Å²) in [5, 5.41) is 0. The molecule has 0 aliphatic heterocycles. The number of halogens is 1. The predicted molar refractivity (Wildman–Crippen MR) is 66.2 cm³/mol. The number of rotatable bonds is 6. The molecule has 0 radical (unpaired) electrons. The number of methoxy groups -OCH3 is 1. The lowest BCUT2D eigenvalue weighted by Gasteiger charge is -2.22. The molecule has 1 aromatic rings. The van der Waals surface area contributed by atoms with Gasteiger partial charge in [-0.2, -0.15) is 0 Å². The van der Waals surface area contributed by atoms with Crippen LogP contribution in [-0.2, 0) is 16.1 Å². The van der Waals surface area contributed by atoms with Crippen molar-refractivity contribution >= 4 is 5.69 Å². The number of anilines is 1. The largest absolute Gasteiger partial charge is 0.399 e. The van der Waals surface area contributed by atoms with Crippen LogP contribution in [0.2, 0.25) is 0 Å². The van der Waals surface area contributed by atoms with Gasteiger partial charge in [-0.25, -0.2) is 4.39 Å². The summed E-state index contributed by atoms with van der Waals surface area (Å²) in [5.74, 6) is -0.323. The second-order valence-corrected chi connectivity index (χ2v) is 4.62. The molecule has 0 aliphatic carbocycles. The van der Waals surface area contributed by atoms with Crippen molar-refractivity contribution < 1.29 is 13.9 Å². The highest BCUT2D eigenvalue weighted by Crippen LogP contribution is 2.15. The first-order chi connectivity index (χ1) is 7.94. The monoisotopic (exact) mass is 241 g/mol. The summed E-state index contributed by atoms with van der Waals surface area (Å²) in [6.07, 6.45) is 0.764. The Morgan fingerprint density at radius 3 is 2.65 bits per heavy atom. The van der Waals surface area contributed by atoms with Gasteiger partial charge in [0.1, 0.15) is 5.82 Å². The Bertz CT molecular complexity index is 366. The second kappa shape index (κ2) is 5.98. The van der Waals surface area contributed by atoms with Crippen molar-refractivity contribution in [1.82, 2.24) is 0 Å². The Hall–Kier alpha value is -1.13. The third kappa shape index (κ3) is 4.71. The van der Waals surface area contributed by atoms with Crippen molar-refractivity contribution in [2.45, 2.75) is 32.5 Å². The van der Waals surface area contributed by atoms with Gasteiger partial charge in [-0.3, -0.25) is 0 Å². The first kappa shape index (κ1) is 13.9. The van der Waals surface area contributed by atoms with E-state index < -0.39 is 0 Å². The molecule has 0 spiro atoms. The zero-order chi connectivity index (χ0) is 12.9. The van der Waals surface area contributed by atoms with Gasteiger partial charge in [-0.1, -0.05) is 6.07 Å². The number of hydrogen-bond acceptors (Lipinski definition) is 3. The van der Waals surface area contributed by atoms with Crippen molar-refractivity contribution in [3.63, 3.8) is 0 Å². The summed E-state index contributed by atoms with van der Waals surface area (Å²) < 4.78 is 24.1. The maximum Gasteiger partial charge on any atom is 0.130 e. The lowest BCUT2D eigenvalue weighted by molar-refractivity contribution is -0.0127. The molecular formula is C13H20FNO2. The summed E-state index contributed by atoms with van der Waals surface area (Å²) in [6, 6.07) is 4.62. The molecule has 0 aromatic heterocycles. The fourth-order valence-electron chi connectivity index (χ4n) is 1.28. The van der Waals surface area contributed by atoms with Crippen LogP contribution in [0.5, 0.6) is 0 Å². The summed E-state index contributed by atoms with van der Waals surface area (Å²) in [6.45, 7) is 4.76. The van der Waals surface area contributed by atoms with Gasteiger partial charge in [-0.05, 0) is 32.4 Å². The Kier molecular flexibility index (Phi) is 4.90. The smallest absolute Gasteiger partial charge is 0.130 e. The number of hydrogen-bond donors (Lipinski definition) is 1. The van der Waals surface area contributed by atoms with Crippen LogP contribution in [-0.4, -0.2) is 19.3 Å². The van der Waals surface area contributed by atoms with E-state index in [0.29, 0.717) is 17.9 Å². The molecule has 1 rings (SSSR count). The van der Waals surface area contributed by atoms with E-state index in [1.807, 2.05) is 13.8 Å². The number of nitrogen functional groups attached to an aromatic ring is 1. The van der Waals surface area contributed by atoms with Crippen molar-refractivity contribution in [3.8, 4) is 0 Å². The van der Waals surface area contributed by atoms with Gasteiger partial charge in [0.05, 0.1) is 12.2 Å². The van der Waals surface area contributed by atoms with Gasteiger partial charge in [0.15, 0.2) is 0 Å². The summed E-state index contributed by atoms with van der Waals surface area (Å²) in [7, 11) is 1.67. The average Bonchev–Trinajstić information content (AvgIpc) is 2.27. The van der Waals surface area contributed by atoms with Crippen LogP contribution in [0.3, 0.4) is 0 Å². The van der Waals surface area contributed by atoms with E-state index in [2.05, 4.69) is 0 Å². The minimum absolute atomic E-state index is 0.209. The van der Waals surface area contributed by atoms with Crippen LogP contribution in [0.15, 0.2) is 18.2 Å². The molecule has 0 atom stereocenters. The zero-order valence-corrected chi connectivity index (χ0v) is 10.6. The molecule has 3 nitrogen and oxygen atoms in total. The van der Waals surface area contributed by atoms with Crippen molar-refractivity contribution in [1.29, 1.82) is 0 Å². The van der Waals surface area contributed by atoms with Crippen molar-refractivity contribution in [2.24, 2.45) is 0 Å². The molecule has 0 saturated heterocycles. The Balaban J connectivity index is 2.36. The second-order valence-electron chi connectivity index (χ2n) is 4.62. The van der Waals surface area contributed by atoms with Crippen LogP contribution < -0.4 is 5.73 Å². The van der Waals surface area contributed by atoms with E-state index in [4.69, 9.17) is 15.2 Å². The Morgan fingerprint density at radius 2 is 2.06 bits per heavy atom. The first-order valence-electron chi connectivity index (χ1n) is 5.61. The van der Waals surface area contributed by atoms with Crippen LogP contribution in [0.25, 0.3) is 0 Å². The minimum Gasteiger partial charge on any atom is -0.399 e. The molecule has 96 valence electrons. The molecule has 0 fully saturated rings.